The topological polar surface area (TPSA) is 0 Å². The Balaban J connectivity index is 0. The molecular formula is Sn3Zr5. The van der Waals surface area contributed by atoms with Crippen molar-refractivity contribution in [3.05, 3.63) is 0 Å². The summed E-state index contributed by atoms with van der Waals surface area (Å²) in [6, 6.07) is 0. The van der Waals surface area contributed by atoms with Crippen molar-refractivity contribution in [2.75, 3.05) is 0 Å². The molecule has 0 aromatic rings. The maximum atomic E-state index is 0. The Kier molecular flexibility index (Phi) is 372. The third-order valence-electron chi connectivity index (χ3n) is 0. The van der Waals surface area contributed by atoms with Gasteiger partial charge in [0.1, 0.15) is 0 Å². The van der Waals surface area contributed by atoms with Gasteiger partial charge in [-0.25, -0.2) is 0 Å². The SMILES string of the molecule is [Sn].[Sn].[Sn].[Zr].[Zr].[Zr].[Zr].[Zr]. The molecule has 0 atom stereocenters. The van der Waals surface area contributed by atoms with Crippen LogP contribution in [-0.2, 0) is 131 Å². The second-order valence-electron chi connectivity index (χ2n) is 0. The Morgan fingerprint density at radius 2 is 0.250 bits per heavy atom. The number of hydrogen-bond donors (Lipinski definition) is 0. The Morgan fingerprint density at radius 1 is 0.250 bits per heavy atom. The first-order chi connectivity index (χ1) is 0. The smallest absolute Gasteiger partial charge is 0 e. The number of rotatable bonds is 0. The molecular weight excluding hydrogens is 812 g/mol. The standard InChI is InChI=1S/3Sn.5Zr. The van der Waals surface area contributed by atoms with Crippen LogP contribution < -0.4 is 0 Å². The summed E-state index contributed by atoms with van der Waals surface area (Å²) < 4.78 is 0. The molecule has 0 N–H and O–H groups in total. The summed E-state index contributed by atoms with van der Waals surface area (Å²) in [6.45, 7) is 0. The normalized spacial score (nSPS) is 0. The van der Waals surface area contributed by atoms with E-state index < -0.39 is 0 Å². The summed E-state index contributed by atoms with van der Waals surface area (Å²) in [4.78, 5) is 0. The van der Waals surface area contributed by atoms with Crippen LogP contribution in [-0.4, -0.2) is 71.7 Å². The van der Waals surface area contributed by atoms with Gasteiger partial charge in [0.2, 0.25) is 0 Å². The van der Waals surface area contributed by atoms with Crippen molar-refractivity contribution >= 4 is 71.7 Å². The van der Waals surface area contributed by atoms with Crippen LogP contribution in [0.15, 0.2) is 0 Å². The van der Waals surface area contributed by atoms with Gasteiger partial charge in [-0.15, -0.1) is 0 Å². The van der Waals surface area contributed by atoms with E-state index >= 15 is 0 Å². The van der Waals surface area contributed by atoms with Crippen LogP contribution in [0.25, 0.3) is 0 Å². The van der Waals surface area contributed by atoms with Crippen LogP contribution in [0.5, 0.6) is 0 Å². The molecule has 8 heavy (non-hydrogen) atoms. The predicted molar refractivity (Wildman–Crippen MR) is 17.3 cm³/mol. The molecule has 0 saturated carbocycles. The fraction of sp³-hybridized carbons (Fsp3) is 0. The van der Waals surface area contributed by atoms with Crippen LogP contribution in [0.1, 0.15) is 0 Å². The second-order valence-corrected chi connectivity index (χ2v) is 0. The second kappa shape index (κ2) is 48.9. The van der Waals surface area contributed by atoms with E-state index in [1.807, 2.05) is 0 Å². The van der Waals surface area contributed by atoms with E-state index in [-0.39, 0.29) is 203 Å². The quantitative estimate of drug-likeness (QED) is 0.272. The summed E-state index contributed by atoms with van der Waals surface area (Å²) in [5.41, 5.74) is 0. The monoisotopic (exact) mass is 809 g/mol. The minimum atomic E-state index is 0. The van der Waals surface area contributed by atoms with E-state index in [2.05, 4.69) is 0 Å². The average molecular weight is 812 g/mol. The molecule has 0 aliphatic heterocycles. The summed E-state index contributed by atoms with van der Waals surface area (Å²) >= 11 is 0. The van der Waals surface area contributed by atoms with Crippen molar-refractivity contribution in [2.45, 2.75) is 0 Å². The van der Waals surface area contributed by atoms with Crippen molar-refractivity contribution in [1.29, 1.82) is 0 Å². The molecule has 8 heteroatoms. The van der Waals surface area contributed by atoms with E-state index in [4.69, 9.17) is 0 Å². The minimum absolute atomic E-state index is 0. The molecule has 0 aromatic carbocycles. The molecule has 0 aliphatic rings. The first-order valence-electron chi connectivity index (χ1n) is 0. The van der Waals surface area contributed by atoms with Crippen molar-refractivity contribution in [3.8, 4) is 0 Å². The molecule has 0 aliphatic carbocycles. The Bertz CT molecular complexity index is 7.64. The van der Waals surface area contributed by atoms with E-state index in [0.29, 0.717) is 0 Å². The predicted octanol–water partition coefficient (Wildman–Crippen LogP) is -1.15. The summed E-state index contributed by atoms with van der Waals surface area (Å²) in [6.07, 6.45) is 0. The third-order valence-corrected chi connectivity index (χ3v) is 0. The summed E-state index contributed by atoms with van der Waals surface area (Å²) in [5.74, 6) is 0. The maximum absolute atomic E-state index is 0. The Morgan fingerprint density at radius 3 is 0.250 bits per heavy atom. The fourth-order valence-corrected chi connectivity index (χ4v) is 0. The first-order valence-corrected chi connectivity index (χ1v) is 0. The van der Waals surface area contributed by atoms with Gasteiger partial charge in [0, 0.05) is 203 Å². The molecule has 0 fully saturated rings. The van der Waals surface area contributed by atoms with Crippen molar-refractivity contribution in [1.82, 2.24) is 0 Å². The minimum Gasteiger partial charge on any atom is 0 e. The van der Waals surface area contributed by atoms with E-state index in [1.165, 1.54) is 0 Å². The Labute approximate surface area is 197 Å². The molecule has 0 saturated heterocycles. The molecule has 12 radical (unpaired) electrons. The van der Waals surface area contributed by atoms with E-state index in [0.717, 1.165) is 0 Å². The van der Waals surface area contributed by atoms with Crippen molar-refractivity contribution in [3.63, 3.8) is 0 Å². The average Bonchev–Trinajstić information content (AvgIpc) is 0. The van der Waals surface area contributed by atoms with E-state index in [1.54, 1.807) is 0 Å². The van der Waals surface area contributed by atoms with Crippen LogP contribution in [0.2, 0.25) is 0 Å². The van der Waals surface area contributed by atoms with Gasteiger partial charge < -0.3 is 0 Å². The van der Waals surface area contributed by atoms with Gasteiger partial charge >= 0.3 is 0 Å². The van der Waals surface area contributed by atoms with Crippen molar-refractivity contribution < 1.29 is 131 Å². The zero-order chi connectivity index (χ0) is 0. The zero-order valence-electron chi connectivity index (χ0n) is 4.00. The maximum Gasteiger partial charge on any atom is 0 e. The molecule has 0 rings (SSSR count). The summed E-state index contributed by atoms with van der Waals surface area (Å²) in [5, 5.41) is 0. The van der Waals surface area contributed by atoms with Gasteiger partial charge in [0.05, 0.1) is 0 Å². The molecule has 32 valence electrons. The largest absolute Gasteiger partial charge is 0 e. The van der Waals surface area contributed by atoms with Crippen LogP contribution in [0.3, 0.4) is 0 Å². The summed E-state index contributed by atoms with van der Waals surface area (Å²) in [7, 11) is 0. The third kappa shape index (κ3) is 38.5. The first kappa shape index (κ1) is 60.9. The van der Waals surface area contributed by atoms with Gasteiger partial charge in [0.15, 0.2) is 0 Å². The molecule has 0 nitrogen and oxygen atoms in total. The Hall–Kier alpha value is 6.81. The van der Waals surface area contributed by atoms with Gasteiger partial charge in [0.25, 0.3) is 0 Å². The van der Waals surface area contributed by atoms with E-state index in [9.17, 15) is 0 Å². The van der Waals surface area contributed by atoms with Crippen molar-refractivity contribution in [2.24, 2.45) is 0 Å². The van der Waals surface area contributed by atoms with Gasteiger partial charge in [-0.1, -0.05) is 0 Å². The molecule has 0 spiro atoms. The molecule has 0 heterocycles. The van der Waals surface area contributed by atoms with Crippen LogP contribution >= 0.6 is 0 Å². The molecule has 0 aromatic heterocycles. The molecule has 0 unspecified atom stereocenters. The fourth-order valence-electron chi connectivity index (χ4n) is 0. The van der Waals surface area contributed by atoms with Crippen LogP contribution in [0, 0.1) is 0 Å². The van der Waals surface area contributed by atoms with Gasteiger partial charge in [-0.3, -0.25) is 0 Å². The number of hydrogen-bond acceptors (Lipinski definition) is 0. The van der Waals surface area contributed by atoms with Gasteiger partial charge in [-0.2, -0.15) is 0 Å². The van der Waals surface area contributed by atoms with Crippen LogP contribution in [0.4, 0.5) is 0 Å². The molecule has 0 bridgehead atoms. The molecule has 0 amide bonds. The van der Waals surface area contributed by atoms with Gasteiger partial charge in [-0.05, 0) is 0 Å². The zero-order valence-corrected chi connectivity index (χ0v) is 24.9.